The van der Waals surface area contributed by atoms with E-state index in [9.17, 15) is 4.79 Å². The van der Waals surface area contributed by atoms with Crippen molar-refractivity contribution in [3.63, 3.8) is 0 Å². The smallest absolute Gasteiger partial charge is 0.225 e. The first-order valence-electron chi connectivity index (χ1n) is 10.0. The van der Waals surface area contributed by atoms with Crippen LogP contribution < -0.4 is 10.6 Å². The van der Waals surface area contributed by atoms with Crippen LogP contribution in [0.1, 0.15) is 31.2 Å². The number of aromatic nitrogens is 2. The van der Waals surface area contributed by atoms with E-state index >= 15 is 0 Å². The molecule has 2 heterocycles. The molecule has 7 nitrogen and oxygen atoms in total. The fourth-order valence-electron chi connectivity index (χ4n) is 3.74. The van der Waals surface area contributed by atoms with Crippen LogP contribution in [0.3, 0.4) is 0 Å². The molecule has 1 aliphatic rings. The van der Waals surface area contributed by atoms with Crippen LogP contribution in [0.25, 0.3) is 11.1 Å². The quantitative estimate of drug-likeness (QED) is 0.500. The summed E-state index contributed by atoms with van der Waals surface area (Å²) in [6.07, 6.45) is 7.08. The molecular weight excluding hydrogens is 366 g/mol. The number of Topliss-reactive ketones (excluding diaryl/α,β-unsaturated/α-hetero) is 1. The zero-order valence-corrected chi connectivity index (χ0v) is 16.9. The topological polar surface area (TPSA) is 105 Å². The summed E-state index contributed by atoms with van der Waals surface area (Å²) in [5.41, 5.74) is 8.35. The SMILES string of the molecule is COCC1CCCN(c2ncc(-c3cccc(CCC(=O)CC(=N)N)c3)cn2)C1. The molecule has 3 N–H and O–H groups in total. The Morgan fingerprint density at radius 2 is 2.10 bits per heavy atom. The van der Waals surface area contributed by atoms with E-state index in [-0.39, 0.29) is 18.0 Å². The molecule has 29 heavy (non-hydrogen) atoms. The number of ketones is 1. The summed E-state index contributed by atoms with van der Waals surface area (Å²) in [7, 11) is 1.75. The van der Waals surface area contributed by atoms with E-state index in [1.165, 1.54) is 6.42 Å². The van der Waals surface area contributed by atoms with Gasteiger partial charge in [-0.2, -0.15) is 0 Å². The number of amidine groups is 1. The number of nitrogens with two attached hydrogens (primary N) is 1. The van der Waals surface area contributed by atoms with E-state index in [4.69, 9.17) is 15.9 Å². The fraction of sp³-hybridized carbons (Fsp3) is 0.455. The van der Waals surface area contributed by atoms with Gasteiger partial charge in [0.2, 0.25) is 5.95 Å². The molecule has 0 aliphatic carbocycles. The van der Waals surface area contributed by atoms with Gasteiger partial charge in [-0.1, -0.05) is 24.3 Å². The summed E-state index contributed by atoms with van der Waals surface area (Å²) in [4.78, 5) is 23.2. The third kappa shape index (κ3) is 6.09. The van der Waals surface area contributed by atoms with E-state index in [0.717, 1.165) is 48.8 Å². The van der Waals surface area contributed by atoms with Gasteiger partial charge >= 0.3 is 0 Å². The molecule has 1 aromatic heterocycles. The van der Waals surface area contributed by atoms with Crippen molar-refractivity contribution in [2.75, 3.05) is 31.7 Å². The highest BCUT2D eigenvalue weighted by Gasteiger charge is 2.21. The number of aryl methyl sites for hydroxylation is 1. The lowest BCUT2D eigenvalue weighted by Gasteiger charge is -2.32. The second kappa shape index (κ2) is 10.1. The Kier molecular flexibility index (Phi) is 7.30. The molecule has 0 amide bonds. The Bertz CT molecular complexity index is 835. The molecule has 7 heteroatoms. The van der Waals surface area contributed by atoms with Gasteiger partial charge in [0.15, 0.2) is 0 Å². The van der Waals surface area contributed by atoms with E-state index in [1.807, 2.05) is 30.6 Å². The molecule has 3 rings (SSSR count). The Hall–Kier alpha value is -2.80. The highest BCUT2D eigenvalue weighted by atomic mass is 16.5. The van der Waals surface area contributed by atoms with Crippen LogP contribution in [0.5, 0.6) is 0 Å². The molecule has 0 spiro atoms. The minimum absolute atomic E-state index is 0.0103. The fourth-order valence-corrected chi connectivity index (χ4v) is 3.74. The molecule has 1 saturated heterocycles. The molecule has 154 valence electrons. The molecule has 1 atom stereocenters. The van der Waals surface area contributed by atoms with Crippen LogP contribution in [-0.2, 0) is 16.0 Å². The minimum atomic E-state index is -0.0803. The molecule has 1 aliphatic heterocycles. The summed E-state index contributed by atoms with van der Waals surface area (Å²) >= 11 is 0. The average molecular weight is 396 g/mol. The van der Waals surface area contributed by atoms with Gasteiger partial charge in [0, 0.05) is 44.6 Å². The zero-order chi connectivity index (χ0) is 20.6. The number of benzene rings is 1. The first-order chi connectivity index (χ1) is 14.0. The first kappa shape index (κ1) is 20.9. The van der Waals surface area contributed by atoms with E-state index in [1.54, 1.807) is 7.11 Å². The Morgan fingerprint density at radius 3 is 2.83 bits per heavy atom. The highest BCUT2D eigenvalue weighted by molar-refractivity contribution is 5.98. The molecular formula is C22H29N5O2. The summed E-state index contributed by atoms with van der Waals surface area (Å²) in [6, 6.07) is 8.07. The monoisotopic (exact) mass is 395 g/mol. The molecule has 0 bridgehead atoms. The summed E-state index contributed by atoms with van der Waals surface area (Å²) in [5, 5.41) is 7.21. The van der Waals surface area contributed by atoms with Crippen molar-refractivity contribution >= 4 is 17.6 Å². The number of piperidine rings is 1. The summed E-state index contributed by atoms with van der Waals surface area (Å²) in [5.74, 6) is 1.20. The number of carbonyl (C=O) groups excluding carboxylic acids is 1. The van der Waals surface area contributed by atoms with Crippen LogP contribution in [0.4, 0.5) is 5.95 Å². The van der Waals surface area contributed by atoms with Gasteiger partial charge in [-0.25, -0.2) is 9.97 Å². The lowest BCUT2D eigenvalue weighted by atomic mass is 9.99. The van der Waals surface area contributed by atoms with Crippen LogP contribution in [0, 0.1) is 11.3 Å². The normalized spacial score (nSPS) is 16.6. The lowest BCUT2D eigenvalue weighted by Crippen LogP contribution is -2.38. The van der Waals surface area contributed by atoms with E-state index in [2.05, 4.69) is 20.9 Å². The Morgan fingerprint density at radius 1 is 1.31 bits per heavy atom. The number of anilines is 1. The maximum Gasteiger partial charge on any atom is 0.225 e. The zero-order valence-electron chi connectivity index (χ0n) is 16.9. The van der Waals surface area contributed by atoms with Crippen LogP contribution in [0.15, 0.2) is 36.7 Å². The molecule has 0 radical (unpaired) electrons. The van der Waals surface area contributed by atoms with Crippen LogP contribution in [-0.4, -0.2) is 48.4 Å². The number of methoxy groups -OCH3 is 1. The van der Waals surface area contributed by atoms with E-state index < -0.39 is 0 Å². The molecule has 0 saturated carbocycles. The number of hydrogen-bond acceptors (Lipinski definition) is 6. The van der Waals surface area contributed by atoms with Gasteiger partial charge in [-0.05, 0) is 36.3 Å². The molecule has 1 unspecified atom stereocenters. The molecule has 1 fully saturated rings. The van der Waals surface area contributed by atoms with Gasteiger partial charge in [-0.3, -0.25) is 10.2 Å². The standard InChI is InChI=1S/C22H29N5O2/c1-29-15-17-5-3-9-27(14-17)22-25-12-19(13-26-22)18-6-2-4-16(10-18)7-8-20(28)11-21(23)24/h2,4,6,10,12-13,17H,3,5,7-9,11,14-15H2,1H3,(H3,23,24). The predicted molar refractivity (Wildman–Crippen MR) is 114 cm³/mol. The lowest BCUT2D eigenvalue weighted by molar-refractivity contribution is -0.117. The second-order valence-electron chi connectivity index (χ2n) is 7.62. The molecule has 1 aromatic carbocycles. The number of nitrogens with zero attached hydrogens (tertiary/aromatic N) is 3. The van der Waals surface area contributed by atoms with Crippen molar-refractivity contribution in [1.29, 1.82) is 5.41 Å². The molecule has 2 aromatic rings. The van der Waals surface area contributed by atoms with Crippen molar-refractivity contribution in [3.05, 3.63) is 42.2 Å². The van der Waals surface area contributed by atoms with Gasteiger partial charge < -0.3 is 15.4 Å². The van der Waals surface area contributed by atoms with Gasteiger partial charge in [0.25, 0.3) is 0 Å². The van der Waals surface area contributed by atoms with E-state index in [0.29, 0.717) is 18.8 Å². The van der Waals surface area contributed by atoms with Gasteiger partial charge in [0.1, 0.15) is 5.78 Å². The van der Waals surface area contributed by atoms with Crippen LogP contribution in [0.2, 0.25) is 0 Å². The third-order valence-electron chi connectivity index (χ3n) is 5.18. The maximum absolute atomic E-state index is 11.8. The van der Waals surface area contributed by atoms with Crippen LogP contribution >= 0.6 is 0 Å². The van der Waals surface area contributed by atoms with Crippen molar-refractivity contribution < 1.29 is 9.53 Å². The predicted octanol–water partition coefficient (Wildman–Crippen LogP) is 2.83. The summed E-state index contributed by atoms with van der Waals surface area (Å²) in [6.45, 7) is 2.68. The number of hydrogen-bond donors (Lipinski definition) is 2. The number of carbonyl (C=O) groups is 1. The largest absolute Gasteiger partial charge is 0.387 e. The maximum atomic E-state index is 11.8. The minimum Gasteiger partial charge on any atom is -0.387 e. The van der Waals surface area contributed by atoms with Crippen molar-refractivity contribution in [2.45, 2.75) is 32.1 Å². The highest BCUT2D eigenvalue weighted by Crippen LogP contribution is 2.24. The Labute approximate surface area is 171 Å². The third-order valence-corrected chi connectivity index (χ3v) is 5.18. The number of ether oxygens (including phenoxy) is 1. The number of nitrogens with one attached hydrogen (secondary N) is 1. The van der Waals surface area contributed by atoms with Crippen molar-refractivity contribution in [3.8, 4) is 11.1 Å². The summed E-state index contributed by atoms with van der Waals surface area (Å²) < 4.78 is 5.30. The van der Waals surface area contributed by atoms with Gasteiger partial charge in [-0.15, -0.1) is 0 Å². The van der Waals surface area contributed by atoms with Gasteiger partial charge in [0.05, 0.1) is 18.9 Å². The average Bonchev–Trinajstić information content (AvgIpc) is 2.73. The van der Waals surface area contributed by atoms with Crippen molar-refractivity contribution in [1.82, 2.24) is 9.97 Å². The first-order valence-corrected chi connectivity index (χ1v) is 10.0. The van der Waals surface area contributed by atoms with Crippen molar-refractivity contribution in [2.24, 2.45) is 11.7 Å². The second-order valence-corrected chi connectivity index (χ2v) is 7.62. The Balaban J connectivity index is 1.64. The number of rotatable bonds is 9.